The highest BCUT2D eigenvalue weighted by Crippen LogP contribution is 2.29. The minimum atomic E-state index is -3.64. The number of halogens is 2. The normalized spacial score (nSPS) is 14.5. The van der Waals surface area contributed by atoms with Crippen LogP contribution in [0.2, 0.25) is 5.02 Å². The summed E-state index contributed by atoms with van der Waals surface area (Å²) < 4.78 is 49.1. The van der Waals surface area contributed by atoms with E-state index in [1.54, 1.807) is 16.8 Å². The molecule has 0 amide bonds. The summed E-state index contributed by atoms with van der Waals surface area (Å²) in [7, 11) is -1.78. The first-order chi connectivity index (χ1) is 15.2. The molecule has 0 fully saturated rings. The molecule has 32 heavy (non-hydrogen) atoms. The van der Waals surface area contributed by atoms with Crippen LogP contribution in [0.4, 0.5) is 4.39 Å². The third kappa shape index (κ3) is 4.45. The molecule has 0 radical (unpaired) electrons. The van der Waals surface area contributed by atoms with Crippen LogP contribution in [-0.2, 0) is 48.0 Å². The molecule has 0 aliphatic carbocycles. The fraction of sp³-hybridized carbons (Fsp3) is 0.348. The molecule has 1 aliphatic heterocycles. The van der Waals surface area contributed by atoms with E-state index in [1.165, 1.54) is 16.4 Å². The van der Waals surface area contributed by atoms with E-state index in [0.29, 0.717) is 34.1 Å². The van der Waals surface area contributed by atoms with E-state index in [2.05, 4.69) is 5.10 Å². The minimum absolute atomic E-state index is 0.203. The van der Waals surface area contributed by atoms with Gasteiger partial charge in [-0.1, -0.05) is 29.8 Å². The monoisotopic (exact) mass is 477 g/mol. The minimum Gasteiger partial charge on any atom is -0.370 e. The molecule has 0 spiro atoms. The van der Waals surface area contributed by atoms with Gasteiger partial charge in [-0.2, -0.15) is 9.40 Å². The van der Waals surface area contributed by atoms with Crippen LogP contribution in [0.3, 0.4) is 0 Å². The number of nitrogens with zero attached hydrogens (tertiary/aromatic N) is 3. The lowest BCUT2D eigenvalue weighted by Gasteiger charge is -2.27. The number of sulfonamides is 1. The van der Waals surface area contributed by atoms with Crippen molar-refractivity contribution >= 4 is 21.6 Å². The van der Waals surface area contributed by atoms with Gasteiger partial charge >= 0.3 is 0 Å². The van der Waals surface area contributed by atoms with Gasteiger partial charge in [0, 0.05) is 42.8 Å². The average Bonchev–Trinajstić information content (AvgIpc) is 3.06. The summed E-state index contributed by atoms with van der Waals surface area (Å²) >= 11 is 6.07. The summed E-state index contributed by atoms with van der Waals surface area (Å²) in [5.74, 6) is -0.400. The molecule has 0 saturated heterocycles. The van der Waals surface area contributed by atoms with Crippen molar-refractivity contribution in [2.75, 3.05) is 6.54 Å². The Balaban J connectivity index is 1.53. The van der Waals surface area contributed by atoms with E-state index < -0.39 is 15.8 Å². The second kappa shape index (κ2) is 8.94. The molecule has 2 heterocycles. The summed E-state index contributed by atoms with van der Waals surface area (Å²) in [5.41, 5.74) is 4.89. The predicted molar refractivity (Wildman–Crippen MR) is 120 cm³/mol. The number of aromatic nitrogens is 2. The van der Waals surface area contributed by atoms with Crippen LogP contribution in [0.5, 0.6) is 0 Å². The SMILES string of the molecule is Cc1ccc(C)c(S(=O)(=O)N2CCc3c(c(COCc4ccc(F)cc4Cl)nn3C)C2)c1. The van der Waals surface area contributed by atoms with Crippen molar-refractivity contribution in [3.63, 3.8) is 0 Å². The Hall–Kier alpha value is -2.26. The number of hydrogen-bond donors (Lipinski definition) is 0. The van der Waals surface area contributed by atoms with E-state index in [1.807, 2.05) is 33.0 Å². The van der Waals surface area contributed by atoms with E-state index in [4.69, 9.17) is 16.3 Å². The summed E-state index contributed by atoms with van der Waals surface area (Å²) in [4.78, 5) is 0.341. The van der Waals surface area contributed by atoms with Crippen LogP contribution in [0, 0.1) is 19.7 Å². The van der Waals surface area contributed by atoms with Crippen LogP contribution in [-0.4, -0.2) is 29.0 Å². The first kappa shape index (κ1) is 22.9. The molecule has 170 valence electrons. The zero-order chi connectivity index (χ0) is 23.0. The Labute approximate surface area is 192 Å². The Bertz CT molecular complexity index is 1270. The lowest BCUT2D eigenvalue weighted by Crippen LogP contribution is -2.36. The van der Waals surface area contributed by atoms with Gasteiger partial charge in [-0.25, -0.2) is 12.8 Å². The van der Waals surface area contributed by atoms with E-state index in [9.17, 15) is 12.8 Å². The second-order valence-corrected chi connectivity index (χ2v) is 10.4. The van der Waals surface area contributed by atoms with Crippen LogP contribution in [0.15, 0.2) is 41.3 Å². The first-order valence-electron chi connectivity index (χ1n) is 10.3. The predicted octanol–water partition coefficient (Wildman–Crippen LogP) is 4.29. The first-order valence-corrected chi connectivity index (χ1v) is 12.1. The molecule has 0 N–H and O–H groups in total. The zero-order valence-electron chi connectivity index (χ0n) is 18.2. The van der Waals surface area contributed by atoms with E-state index in [0.717, 1.165) is 22.4 Å². The van der Waals surface area contributed by atoms with Gasteiger partial charge in [-0.05, 0) is 48.7 Å². The largest absolute Gasteiger partial charge is 0.370 e. The van der Waals surface area contributed by atoms with Crippen molar-refractivity contribution in [1.82, 2.24) is 14.1 Å². The maximum absolute atomic E-state index is 13.4. The molecule has 0 unspecified atom stereocenters. The fourth-order valence-electron chi connectivity index (χ4n) is 3.99. The zero-order valence-corrected chi connectivity index (χ0v) is 19.8. The number of rotatable bonds is 6. The van der Waals surface area contributed by atoms with Crippen molar-refractivity contribution in [2.45, 2.75) is 44.9 Å². The molecule has 0 bridgehead atoms. The quantitative estimate of drug-likeness (QED) is 0.531. The number of fused-ring (bicyclic) bond motifs is 1. The number of aryl methyl sites for hydroxylation is 3. The van der Waals surface area contributed by atoms with Gasteiger partial charge in [0.1, 0.15) is 5.82 Å². The van der Waals surface area contributed by atoms with Gasteiger partial charge in [0.2, 0.25) is 10.0 Å². The maximum Gasteiger partial charge on any atom is 0.243 e. The van der Waals surface area contributed by atoms with Crippen molar-refractivity contribution in [2.24, 2.45) is 7.05 Å². The third-order valence-corrected chi connectivity index (χ3v) is 8.10. The van der Waals surface area contributed by atoms with E-state index >= 15 is 0 Å². The highest BCUT2D eigenvalue weighted by molar-refractivity contribution is 7.89. The second-order valence-electron chi connectivity index (χ2n) is 8.08. The molecule has 2 aromatic carbocycles. The van der Waals surface area contributed by atoms with Crippen LogP contribution in [0.1, 0.15) is 33.6 Å². The molecular weight excluding hydrogens is 453 g/mol. The Morgan fingerprint density at radius 2 is 1.94 bits per heavy atom. The van der Waals surface area contributed by atoms with Crippen LogP contribution >= 0.6 is 11.6 Å². The van der Waals surface area contributed by atoms with Gasteiger partial charge in [-0.15, -0.1) is 0 Å². The van der Waals surface area contributed by atoms with Gasteiger partial charge in [0.05, 0.1) is 23.8 Å². The van der Waals surface area contributed by atoms with Gasteiger partial charge in [0.15, 0.2) is 0 Å². The molecular formula is C23H25ClFN3O3S. The topological polar surface area (TPSA) is 64.4 Å². The molecule has 1 aliphatic rings. The molecule has 3 aromatic rings. The molecule has 6 nitrogen and oxygen atoms in total. The van der Waals surface area contributed by atoms with E-state index in [-0.39, 0.29) is 19.8 Å². The van der Waals surface area contributed by atoms with Crippen LogP contribution in [0.25, 0.3) is 0 Å². The Morgan fingerprint density at radius 3 is 2.69 bits per heavy atom. The van der Waals surface area contributed by atoms with Crippen molar-refractivity contribution in [1.29, 1.82) is 0 Å². The van der Waals surface area contributed by atoms with Crippen molar-refractivity contribution < 1.29 is 17.5 Å². The van der Waals surface area contributed by atoms with Crippen LogP contribution < -0.4 is 0 Å². The molecule has 1 aromatic heterocycles. The lowest BCUT2D eigenvalue weighted by atomic mass is 10.1. The molecule has 4 rings (SSSR count). The number of benzene rings is 2. The lowest BCUT2D eigenvalue weighted by molar-refractivity contribution is 0.103. The maximum atomic E-state index is 13.4. The summed E-state index contributed by atoms with van der Waals surface area (Å²) in [6.07, 6.45) is 0.576. The van der Waals surface area contributed by atoms with Gasteiger partial charge in [0.25, 0.3) is 0 Å². The Morgan fingerprint density at radius 1 is 1.16 bits per heavy atom. The fourth-order valence-corrected chi connectivity index (χ4v) is 5.93. The summed E-state index contributed by atoms with van der Waals surface area (Å²) in [5, 5.41) is 4.86. The highest BCUT2D eigenvalue weighted by atomic mass is 35.5. The summed E-state index contributed by atoms with van der Waals surface area (Å²) in [6.45, 7) is 4.74. The highest BCUT2D eigenvalue weighted by Gasteiger charge is 2.32. The van der Waals surface area contributed by atoms with Gasteiger partial charge < -0.3 is 4.74 Å². The standard InChI is InChI=1S/C23H25ClFN3O3S/c1-15-4-5-16(2)23(10-15)32(29,30)28-9-8-22-19(12-28)21(26-27(22)3)14-31-13-17-6-7-18(25)11-20(17)24/h4-7,10-11H,8-9,12-14H2,1-3H3. The number of hydrogen-bond acceptors (Lipinski definition) is 4. The molecule has 0 saturated carbocycles. The average molecular weight is 478 g/mol. The molecule has 9 heteroatoms. The molecule has 0 atom stereocenters. The summed E-state index contributed by atoms with van der Waals surface area (Å²) in [6, 6.07) is 9.64. The van der Waals surface area contributed by atoms with Crippen molar-refractivity contribution in [3.05, 3.63) is 80.9 Å². The third-order valence-electron chi connectivity index (χ3n) is 5.76. The van der Waals surface area contributed by atoms with Gasteiger partial charge in [-0.3, -0.25) is 4.68 Å². The smallest absolute Gasteiger partial charge is 0.243 e. The number of ether oxygens (including phenoxy) is 1. The van der Waals surface area contributed by atoms with Crippen molar-refractivity contribution in [3.8, 4) is 0 Å². The Kier molecular flexibility index (Phi) is 6.40.